The molecule has 4 nitrogen and oxygen atoms in total. The van der Waals surface area contributed by atoms with Gasteiger partial charge in [0.05, 0.1) is 17.4 Å². The number of benzene rings is 5. The third-order valence-electron chi connectivity index (χ3n) is 7.53. The van der Waals surface area contributed by atoms with Crippen LogP contribution in [0.15, 0.2) is 119 Å². The lowest BCUT2D eigenvalue weighted by atomic mass is 9.94. The number of fused-ring (bicyclic) bond motifs is 2. The Labute approximate surface area is 263 Å². The third-order valence-corrected chi connectivity index (χ3v) is 9.27. The summed E-state index contributed by atoms with van der Waals surface area (Å²) in [5, 5.41) is 6.00. The first-order valence-corrected chi connectivity index (χ1v) is 15.4. The summed E-state index contributed by atoms with van der Waals surface area (Å²) in [5.41, 5.74) is 7.42. The summed E-state index contributed by atoms with van der Waals surface area (Å²) in [7, 11) is 2.17. The van der Waals surface area contributed by atoms with Crippen molar-refractivity contribution in [3.63, 3.8) is 0 Å². The molecule has 2 heterocycles. The Hall–Kier alpha value is -4.29. The quantitative estimate of drug-likeness (QED) is 0.129. The van der Waals surface area contributed by atoms with E-state index in [9.17, 15) is 13.6 Å². The molecule has 0 saturated heterocycles. The van der Waals surface area contributed by atoms with Crippen LogP contribution in [-0.4, -0.2) is 15.4 Å². The molecule has 216 valence electrons. The molecule has 0 amide bonds. The second-order valence-corrected chi connectivity index (χ2v) is 12.2. The van der Waals surface area contributed by atoms with Gasteiger partial charge in [0.25, 0.3) is 0 Å². The van der Waals surface area contributed by atoms with E-state index in [1.54, 1.807) is 42.6 Å². The van der Waals surface area contributed by atoms with Gasteiger partial charge in [0.15, 0.2) is 5.58 Å². The van der Waals surface area contributed by atoms with Crippen LogP contribution in [0, 0.1) is 5.82 Å². The second-order valence-electron chi connectivity index (χ2n) is 10.2. The van der Waals surface area contributed by atoms with Gasteiger partial charge in [0.2, 0.25) is 0 Å². The van der Waals surface area contributed by atoms with Crippen LogP contribution in [0.2, 0.25) is 5.02 Å². The van der Waals surface area contributed by atoms with Crippen molar-refractivity contribution in [3.8, 4) is 33.5 Å². The van der Waals surface area contributed by atoms with E-state index in [4.69, 9.17) is 16.1 Å². The van der Waals surface area contributed by atoms with Crippen LogP contribution in [0.4, 0.5) is 8.78 Å². The van der Waals surface area contributed by atoms with Crippen LogP contribution in [-0.2, 0) is 0 Å². The maximum atomic E-state index is 14.9. The summed E-state index contributed by atoms with van der Waals surface area (Å²) in [4.78, 5) is 12.2. The lowest BCUT2D eigenvalue weighted by Gasteiger charge is -2.14. The van der Waals surface area contributed by atoms with Gasteiger partial charge >= 0.3 is 0 Å². The minimum absolute atomic E-state index is 0.362. The zero-order valence-corrected chi connectivity index (χ0v) is 25.6. The molecular formula is C35H22ClF2N2O2PS. The lowest BCUT2D eigenvalue weighted by molar-refractivity contribution is 0.112. The fourth-order valence-corrected chi connectivity index (χ4v) is 7.00. The predicted octanol–water partition coefficient (Wildman–Crippen LogP) is 10.8. The van der Waals surface area contributed by atoms with Gasteiger partial charge in [0, 0.05) is 42.9 Å². The maximum absolute atomic E-state index is 14.9. The molecule has 0 N–H and O–H groups in total. The minimum Gasteiger partial charge on any atom is -0.356 e. The Balaban J connectivity index is 1.52. The number of alkyl halides is 1. The number of carbonyl (C=O) groups excluding carboxylic acids is 1. The van der Waals surface area contributed by atoms with Crippen LogP contribution < -0.4 is 0 Å². The Morgan fingerprint density at radius 1 is 0.886 bits per heavy atom. The molecule has 0 spiro atoms. The summed E-state index contributed by atoms with van der Waals surface area (Å²) < 4.78 is 36.5. The lowest BCUT2D eigenvalue weighted by Crippen LogP contribution is -1.94. The van der Waals surface area contributed by atoms with Crippen molar-refractivity contribution in [1.82, 2.24) is 9.13 Å². The number of carbonyl (C=O) groups is 1. The van der Waals surface area contributed by atoms with Gasteiger partial charge in [-0.05, 0) is 77.2 Å². The van der Waals surface area contributed by atoms with Crippen LogP contribution in [0.5, 0.6) is 0 Å². The van der Waals surface area contributed by atoms with Gasteiger partial charge in [-0.2, -0.15) is 0 Å². The molecule has 0 aliphatic carbocycles. The molecule has 7 rings (SSSR count). The monoisotopic (exact) mass is 638 g/mol. The zero-order chi connectivity index (χ0) is 30.4. The van der Waals surface area contributed by atoms with E-state index >= 15 is 0 Å². The molecular weight excluding hydrogens is 617 g/mol. The molecule has 0 radical (unpaired) electrons. The molecule has 0 bridgehead atoms. The molecule has 2 unspecified atom stereocenters. The normalized spacial score (nSPS) is 12.2. The number of nitrogens with zero attached hydrogens (tertiary/aromatic N) is 2. The van der Waals surface area contributed by atoms with Crippen molar-refractivity contribution in [2.45, 2.75) is 10.8 Å². The van der Waals surface area contributed by atoms with E-state index in [0.29, 0.717) is 27.1 Å². The molecule has 2 atom stereocenters. The zero-order valence-electron chi connectivity index (χ0n) is 22.9. The number of rotatable bonds is 7. The van der Waals surface area contributed by atoms with E-state index in [2.05, 4.69) is 18.4 Å². The molecule has 5 aromatic carbocycles. The molecule has 0 saturated carbocycles. The summed E-state index contributed by atoms with van der Waals surface area (Å²) in [6, 6.07) is 30.9. The molecule has 2 aromatic heterocycles. The Morgan fingerprint density at radius 3 is 2.45 bits per heavy atom. The molecule has 0 aliphatic heterocycles. The first kappa shape index (κ1) is 28.5. The van der Waals surface area contributed by atoms with E-state index < -0.39 is 5.91 Å². The Morgan fingerprint density at radius 2 is 1.68 bits per heavy atom. The standard InChI is InChI=1S/C35H22ClF2N2O2PS/c36-30-15-20(19-41)7-13-26(30)22-3-1-4-23(16-22)34-33(27-5-2-6-32-29(27)18-39-42-32)28-17-24(37)10-14-31(28)40(34)44-25-11-8-21(9-12-25)35(38)43/h1-19,35H,43H2. The minimum atomic E-state index is -1.16. The van der Waals surface area contributed by atoms with E-state index in [0.717, 1.165) is 55.6 Å². The van der Waals surface area contributed by atoms with E-state index in [1.165, 1.54) is 18.0 Å². The largest absolute Gasteiger partial charge is 0.356 e. The second kappa shape index (κ2) is 11.7. The summed E-state index contributed by atoms with van der Waals surface area (Å²) in [6.07, 6.45) is 2.43. The highest BCUT2D eigenvalue weighted by atomic mass is 35.5. The predicted molar refractivity (Wildman–Crippen MR) is 177 cm³/mol. The van der Waals surface area contributed by atoms with Gasteiger partial charge in [-0.15, -0.1) is 0 Å². The fourth-order valence-electron chi connectivity index (χ4n) is 5.47. The van der Waals surface area contributed by atoms with Gasteiger partial charge in [-0.25, -0.2) is 8.78 Å². The van der Waals surface area contributed by atoms with Crippen molar-refractivity contribution in [2.24, 2.45) is 0 Å². The van der Waals surface area contributed by atoms with E-state index in [1.807, 2.05) is 60.7 Å². The highest BCUT2D eigenvalue weighted by Gasteiger charge is 2.24. The molecule has 9 heteroatoms. The van der Waals surface area contributed by atoms with Crippen molar-refractivity contribution in [3.05, 3.63) is 131 Å². The average molecular weight is 639 g/mol. The maximum Gasteiger partial charge on any atom is 0.167 e. The van der Waals surface area contributed by atoms with Gasteiger partial charge in [0.1, 0.15) is 18.0 Å². The van der Waals surface area contributed by atoms with Gasteiger partial charge < -0.3 is 4.52 Å². The van der Waals surface area contributed by atoms with Gasteiger partial charge in [-0.3, -0.25) is 8.77 Å². The average Bonchev–Trinajstić information content (AvgIpc) is 3.64. The molecule has 0 aliphatic rings. The topological polar surface area (TPSA) is 48.0 Å². The van der Waals surface area contributed by atoms with Crippen LogP contribution in [0.1, 0.15) is 21.8 Å². The smallest absolute Gasteiger partial charge is 0.167 e. The van der Waals surface area contributed by atoms with Crippen LogP contribution >= 0.6 is 32.8 Å². The number of aldehydes is 1. The van der Waals surface area contributed by atoms with Crippen LogP contribution in [0.3, 0.4) is 0 Å². The molecule has 0 fully saturated rings. The van der Waals surface area contributed by atoms with Crippen LogP contribution in [0.25, 0.3) is 55.4 Å². The number of halogens is 3. The number of aromatic nitrogens is 2. The van der Waals surface area contributed by atoms with Gasteiger partial charge in [-0.1, -0.05) is 80.6 Å². The van der Waals surface area contributed by atoms with Crippen molar-refractivity contribution < 1.29 is 18.1 Å². The number of hydrogen-bond donors (Lipinski definition) is 0. The molecule has 7 aromatic rings. The number of hydrogen-bond acceptors (Lipinski definition) is 4. The Kier molecular flexibility index (Phi) is 7.55. The van der Waals surface area contributed by atoms with Crippen molar-refractivity contribution in [2.75, 3.05) is 0 Å². The first-order valence-electron chi connectivity index (χ1n) is 13.6. The summed E-state index contributed by atoms with van der Waals surface area (Å²) >= 11 is 8.08. The Bertz CT molecular complexity index is 2190. The highest BCUT2D eigenvalue weighted by Crippen LogP contribution is 2.47. The fraction of sp³-hybridized carbons (Fsp3) is 0.0286. The third kappa shape index (κ3) is 5.11. The highest BCUT2D eigenvalue weighted by molar-refractivity contribution is 7.98. The summed E-state index contributed by atoms with van der Waals surface area (Å²) in [6.45, 7) is 0. The van der Waals surface area contributed by atoms with Crippen molar-refractivity contribution in [1.29, 1.82) is 0 Å². The SMILES string of the molecule is O=Cc1ccc(-c2cccc(-c3c(-c4cccc5oncc45)c4cc(F)ccc4n3Sc3ccc(C(F)P)cc3)c2)c(Cl)c1. The molecule has 44 heavy (non-hydrogen) atoms. The summed E-state index contributed by atoms with van der Waals surface area (Å²) in [5.74, 6) is -1.52. The van der Waals surface area contributed by atoms with Crippen molar-refractivity contribution >= 4 is 60.9 Å². The first-order chi connectivity index (χ1) is 21.4. The van der Waals surface area contributed by atoms with E-state index in [-0.39, 0.29) is 5.82 Å².